The number of hydrogen-bond acceptors (Lipinski definition) is 8. The quantitative estimate of drug-likeness (QED) is 0.710. The van der Waals surface area contributed by atoms with E-state index in [1.54, 1.807) is 45.0 Å². The van der Waals surface area contributed by atoms with Crippen molar-refractivity contribution in [2.75, 3.05) is 12.4 Å². The Morgan fingerprint density at radius 2 is 1.50 bits per heavy atom. The molecule has 2 rings (SSSR count). The third-order valence-electron chi connectivity index (χ3n) is 4.12. The van der Waals surface area contributed by atoms with Crippen LogP contribution in [-0.4, -0.2) is 61.0 Å². The largest absolute Gasteiger partial charge is 0.479 e. The monoisotopic (exact) mass is 444 g/mol. The fraction of sp³-hybridized carbons (Fsp3) is 0.476. The topological polar surface area (TPSA) is 148 Å². The Kier molecular flexibility index (Phi) is 7.12. The number of amides is 2. The lowest BCUT2D eigenvalue weighted by molar-refractivity contribution is -0.143. The number of benzene rings is 1. The smallest absolute Gasteiger partial charge is 0.411 e. The zero-order chi connectivity index (χ0) is 24.3. The number of aliphatic carboxylic acids is 1. The van der Waals surface area contributed by atoms with Crippen LogP contribution in [0.1, 0.15) is 53.4 Å². The first-order valence-corrected chi connectivity index (χ1v) is 9.87. The molecular weight excluding hydrogens is 416 g/mol. The molecule has 0 aliphatic rings. The summed E-state index contributed by atoms with van der Waals surface area (Å²) in [5, 5.41) is 28.0. The fourth-order valence-electron chi connectivity index (χ4n) is 2.37. The summed E-state index contributed by atoms with van der Waals surface area (Å²) in [7, 11) is 1.27. The van der Waals surface area contributed by atoms with Crippen molar-refractivity contribution in [2.45, 2.75) is 53.2 Å². The van der Waals surface area contributed by atoms with Crippen LogP contribution in [0.15, 0.2) is 24.3 Å². The van der Waals surface area contributed by atoms with Crippen molar-refractivity contribution >= 4 is 23.7 Å². The van der Waals surface area contributed by atoms with Gasteiger partial charge in [0.15, 0.2) is 6.04 Å². The van der Waals surface area contributed by atoms with Crippen molar-refractivity contribution in [3.05, 3.63) is 30.1 Å². The predicted octanol–water partition coefficient (Wildman–Crippen LogP) is 2.91. The van der Waals surface area contributed by atoms with Crippen LogP contribution in [0.2, 0.25) is 0 Å². The number of carbonyl (C=O) groups excluding carboxylic acids is 2. The number of nitrogens with zero attached hydrogens (tertiary/aromatic N) is 5. The van der Waals surface area contributed by atoms with Crippen molar-refractivity contribution in [1.29, 1.82) is 0 Å². The molecule has 172 valence electrons. The van der Waals surface area contributed by atoms with Crippen LogP contribution in [0.25, 0.3) is 11.4 Å². The molecule has 1 unspecified atom stereocenters. The summed E-state index contributed by atoms with van der Waals surface area (Å²) in [4.78, 5) is 37.0. The van der Waals surface area contributed by atoms with E-state index >= 15 is 0 Å². The number of carboxylic acid groups (broad SMARTS) is 1. The minimum absolute atomic E-state index is 0.122. The third-order valence-corrected chi connectivity index (χ3v) is 4.12. The molecule has 0 saturated carbocycles. The fourth-order valence-corrected chi connectivity index (χ4v) is 2.37. The molecule has 1 atom stereocenters. The highest BCUT2D eigenvalue weighted by atomic mass is 16.6. The van der Waals surface area contributed by atoms with E-state index in [-0.39, 0.29) is 17.6 Å². The Morgan fingerprint density at radius 3 is 1.94 bits per heavy atom. The lowest BCUT2D eigenvalue weighted by Gasteiger charge is -2.27. The molecule has 1 aromatic heterocycles. The van der Waals surface area contributed by atoms with Gasteiger partial charge in [0.1, 0.15) is 5.60 Å². The number of ether oxygens (including phenoxy) is 1. The summed E-state index contributed by atoms with van der Waals surface area (Å²) in [5.41, 5.74) is -0.152. The average Bonchev–Trinajstić information content (AvgIpc) is 2.67. The van der Waals surface area contributed by atoms with E-state index in [4.69, 9.17) is 4.74 Å². The molecule has 1 aromatic carbocycles. The molecule has 0 radical (unpaired) electrons. The normalized spacial score (nSPS) is 12.6. The highest BCUT2D eigenvalue weighted by molar-refractivity contribution is 5.94. The lowest BCUT2D eigenvalue weighted by atomic mass is 9.95. The number of nitrogens with one attached hydrogen (secondary N) is 1. The van der Waals surface area contributed by atoms with E-state index in [9.17, 15) is 19.5 Å². The van der Waals surface area contributed by atoms with Crippen LogP contribution in [0.5, 0.6) is 0 Å². The average molecular weight is 444 g/mol. The Labute approximate surface area is 186 Å². The number of likely N-dealkylation sites (N-methyl/N-ethyl adjacent to an activating group) is 1. The molecule has 0 fully saturated rings. The summed E-state index contributed by atoms with van der Waals surface area (Å²) in [5.74, 6) is -1.58. The second-order valence-corrected chi connectivity index (χ2v) is 9.20. The van der Waals surface area contributed by atoms with Gasteiger partial charge in [0.2, 0.25) is 17.6 Å². The van der Waals surface area contributed by atoms with E-state index in [1.807, 2.05) is 20.8 Å². The summed E-state index contributed by atoms with van der Waals surface area (Å²) < 4.78 is 5.20. The van der Waals surface area contributed by atoms with Crippen molar-refractivity contribution in [3.8, 4) is 11.4 Å². The van der Waals surface area contributed by atoms with E-state index in [1.165, 1.54) is 7.05 Å². The van der Waals surface area contributed by atoms with Crippen molar-refractivity contribution < 1.29 is 24.2 Å². The number of carboxylic acids is 1. The molecule has 11 heteroatoms. The SMILES string of the molecule is CN(C(=O)OC(C)(C)C)C(C(=O)O)c1nnc(-c2ccc(NC(=O)C(C)(C)C)cc2)nn1. The van der Waals surface area contributed by atoms with E-state index < -0.39 is 29.1 Å². The molecule has 0 spiro atoms. The number of carbonyl (C=O) groups is 3. The van der Waals surface area contributed by atoms with Crippen LogP contribution in [0, 0.1) is 5.41 Å². The van der Waals surface area contributed by atoms with Crippen LogP contribution in [0.4, 0.5) is 10.5 Å². The zero-order valence-electron chi connectivity index (χ0n) is 19.2. The van der Waals surface area contributed by atoms with Gasteiger partial charge in [0, 0.05) is 23.7 Å². The van der Waals surface area contributed by atoms with Gasteiger partial charge in [-0.15, -0.1) is 20.4 Å². The molecule has 2 N–H and O–H groups in total. The second kappa shape index (κ2) is 9.25. The van der Waals surface area contributed by atoms with Crippen LogP contribution < -0.4 is 5.32 Å². The van der Waals surface area contributed by atoms with Gasteiger partial charge in [-0.05, 0) is 45.0 Å². The third kappa shape index (κ3) is 6.43. The molecular formula is C21H28N6O5. The zero-order valence-corrected chi connectivity index (χ0v) is 19.2. The predicted molar refractivity (Wildman–Crippen MR) is 116 cm³/mol. The van der Waals surface area contributed by atoms with Gasteiger partial charge in [-0.2, -0.15) is 0 Å². The van der Waals surface area contributed by atoms with Crippen LogP contribution >= 0.6 is 0 Å². The van der Waals surface area contributed by atoms with Crippen LogP contribution in [0.3, 0.4) is 0 Å². The maximum absolute atomic E-state index is 12.3. The van der Waals surface area contributed by atoms with E-state index in [0.29, 0.717) is 11.3 Å². The van der Waals surface area contributed by atoms with E-state index in [0.717, 1.165) is 4.90 Å². The maximum atomic E-state index is 12.3. The van der Waals surface area contributed by atoms with Crippen molar-refractivity contribution in [2.24, 2.45) is 5.41 Å². The minimum atomic E-state index is -1.52. The van der Waals surface area contributed by atoms with Gasteiger partial charge in [0.25, 0.3) is 0 Å². The summed E-state index contributed by atoms with van der Waals surface area (Å²) in [6.45, 7) is 10.4. The van der Waals surface area contributed by atoms with Gasteiger partial charge >= 0.3 is 12.1 Å². The number of anilines is 1. The number of aromatic nitrogens is 4. The molecule has 0 saturated heterocycles. The first kappa shape index (κ1) is 24.6. The molecule has 0 aliphatic heterocycles. The van der Waals surface area contributed by atoms with Crippen LogP contribution in [-0.2, 0) is 14.3 Å². The first-order chi connectivity index (χ1) is 14.7. The summed E-state index contributed by atoms with van der Waals surface area (Å²) >= 11 is 0. The van der Waals surface area contributed by atoms with Crippen molar-refractivity contribution in [1.82, 2.24) is 25.3 Å². The van der Waals surface area contributed by atoms with Gasteiger partial charge in [0.05, 0.1) is 0 Å². The van der Waals surface area contributed by atoms with Gasteiger partial charge < -0.3 is 15.2 Å². The molecule has 0 bridgehead atoms. The number of rotatable bonds is 5. The highest BCUT2D eigenvalue weighted by Crippen LogP contribution is 2.22. The van der Waals surface area contributed by atoms with Gasteiger partial charge in [-0.3, -0.25) is 9.69 Å². The molecule has 11 nitrogen and oxygen atoms in total. The van der Waals surface area contributed by atoms with Gasteiger partial charge in [-0.1, -0.05) is 20.8 Å². The molecule has 2 aromatic rings. The number of hydrogen-bond donors (Lipinski definition) is 2. The first-order valence-electron chi connectivity index (χ1n) is 9.87. The second-order valence-electron chi connectivity index (χ2n) is 9.20. The van der Waals surface area contributed by atoms with Crippen molar-refractivity contribution in [3.63, 3.8) is 0 Å². The summed E-state index contributed by atoms with van der Waals surface area (Å²) in [6.07, 6.45) is -0.842. The lowest BCUT2D eigenvalue weighted by Crippen LogP contribution is -2.40. The molecule has 1 heterocycles. The van der Waals surface area contributed by atoms with Gasteiger partial charge in [-0.25, -0.2) is 9.59 Å². The minimum Gasteiger partial charge on any atom is -0.479 e. The highest BCUT2D eigenvalue weighted by Gasteiger charge is 2.34. The standard InChI is InChI=1S/C21H28N6O5/c1-20(2,3)18(30)22-13-10-8-12(9-11-13)15-23-25-16(26-24-15)14(17(28)29)27(7)19(31)32-21(4,5)6/h8-11,14H,1-7H3,(H,22,30)(H,28,29). The maximum Gasteiger partial charge on any atom is 0.411 e. The Hall–Kier alpha value is -3.63. The Bertz CT molecular complexity index is 978. The Balaban J connectivity index is 2.19. The van der Waals surface area contributed by atoms with E-state index in [2.05, 4.69) is 25.7 Å². The molecule has 32 heavy (non-hydrogen) atoms. The summed E-state index contributed by atoms with van der Waals surface area (Å²) in [6, 6.07) is 5.21. The molecule has 0 aliphatic carbocycles. The molecule has 2 amide bonds. The Morgan fingerprint density at radius 1 is 0.969 bits per heavy atom.